The van der Waals surface area contributed by atoms with Crippen LogP contribution in [0.15, 0.2) is 89.0 Å². The van der Waals surface area contributed by atoms with Crippen molar-refractivity contribution < 1.29 is 19.1 Å². The molecule has 3 heterocycles. The summed E-state index contributed by atoms with van der Waals surface area (Å²) in [4.78, 5) is 31.4. The zero-order valence-electron chi connectivity index (χ0n) is 15.7. The summed E-state index contributed by atoms with van der Waals surface area (Å²) in [6.45, 7) is 0.206. The Labute approximate surface area is 168 Å². The lowest BCUT2D eigenvalue weighted by Gasteiger charge is -2.24. The van der Waals surface area contributed by atoms with E-state index in [1.165, 1.54) is 11.2 Å². The molecule has 0 radical (unpaired) electrons. The number of carbonyl (C=O) groups is 2. The van der Waals surface area contributed by atoms with Crippen molar-refractivity contribution >= 4 is 11.7 Å². The number of benzene rings is 1. The molecular weight excluding hydrogens is 368 g/mol. The fraction of sp³-hybridized carbons (Fsp3) is 0.174. The second kappa shape index (κ2) is 8.14. The van der Waals surface area contributed by atoms with Gasteiger partial charge in [-0.15, -0.1) is 0 Å². The number of aliphatic hydroxyl groups is 1. The van der Waals surface area contributed by atoms with Gasteiger partial charge in [0.05, 0.1) is 11.8 Å². The summed E-state index contributed by atoms with van der Waals surface area (Å²) in [5.41, 5.74) is 1.90. The maximum absolute atomic E-state index is 13.0. The Hall–Kier alpha value is -3.67. The zero-order chi connectivity index (χ0) is 20.2. The molecular formula is C23H20N2O4. The van der Waals surface area contributed by atoms with Crippen LogP contribution in [0.5, 0.6) is 0 Å². The van der Waals surface area contributed by atoms with Gasteiger partial charge in [-0.05, 0) is 35.7 Å². The number of Topliss-reactive ketones (excluding diaryl/α,β-unsaturated/α-hetero) is 1. The normalized spacial score (nSPS) is 16.5. The van der Waals surface area contributed by atoms with Gasteiger partial charge < -0.3 is 14.4 Å². The third-order valence-corrected chi connectivity index (χ3v) is 4.98. The number of hydrogen-bond donors (Lipinski definition) is 1. The van der Waals surface area contributed by atoms with Crippen LogP contribution in [-0.4, -0.2) is 26.7 Å². The minimum Gasteiger partial charge on any atom is -0.503 e. The minimum atomic E-state index is -0.763. The fourth-order valence-electron chi connectivity index (χ4n) is 3.57. The SMILES string of the molecule is O=C(CCc1ccccc1)C1=C(O)C(=O)N(Cc2cccnc2)C1c1ccco1. The van der Waals surface area contributed by atoms with E-state index >= 15 is 0 Å². The predicted octanol–water partition coefficient (Wildman–Crippen LogP) is 3.77. The van der Waals surface area contributed by atoms with Crippen LogP contribution in [0.2, 0.25) is 0 Å². The molecule has 0 fully saturated rings. The average Bonchev–Trinajstić information content (AvgIpc) is 3.36. The largest absolute Gasteiger partial charge is 0.503 e. The summed E-state index contributed by atoms with van der Waals surface area (Å²) in [6, 6.07) is 15.9. The summed E-state index contributed by atoms with van der Waals surface area (Å²) in [5.74, 6) is -0.921. The van der Waals surface area contributed by atoms with Gasteiger partial charge in [-0.1, -0.05) is 36.4 Å². The number of rotatable bonds is 7. The van der Waals surface area contributed by atoms with Crippen LogP contribution in [0.25, 0.3) is 0 Å². The number of amides is 1. The molecule has 1 atom stereocenters. The Morgan fingerprint density at radius 2 is 1.86 bits per heavy atom. The van der Waals surface area contributed by atoms with Crippen molar-refractivity contribution in [1.82, 2.24) is 9.88 Å². The molecule has 1 aliphatic heterocycles. The minimum absolute atomic E-state index is 0.0878. The monoisotopic (exact) mass is 388 g/mol. The fourth-order valence-corrected chi connectivity index (χ4v) is 3.57. The molecule has 6 nitrogen and oxygen atoms in total. The van der Waals surface area contributed by atoms with E-state index in [4.69, 9.17) is 4.42 Å². The van der Waals surface area contributed by atoms with Gasteiger partial charge in [0.2, 0.25) is 0 Å². The quantitative estimate of drug-likeness (QED) is 0.666. The second-order valence-electron chi connectivity index (χ2n) is 6.88. The topological polar surface area (TPSA) is 83.6 Å². The first-order valence-corrected chi connectivity index (χ1v) is 9.38. The molecule has 0 saturated carbocycles. The van der Waals surface area contributed by atoms with Gasteiger partial charge in [0.15, 0.2) is 11.5 Å². The molecule has 0 aliphatic carbocycles. The van der Waals surface area contributed by atoms with Gasteiger partial charge in [-0.3, -0.25) is 14.6 Å². The standard InChI is InChI=1S/C23H20N2O4/c26-18(11-10-16-6-2-1-3-7-16)20-21(19-9-5-13-29-19)25(23(28)22(20)27)15-17-8-4-12-24-14-17/h1-9,12-14,21,27H,10-11,15H2. The molecule has 0 spiro atoms. The summed E-state index contributed by atoms with van der Waals surface area (Å²) < 4.78 is 5.52. The van der Waals surface area contributed by atoms with Gasteiger partial charge in [-0.25, -0.2) is 0 Å². The van der Waals surface area contributed by atoms with E-state index in [0.717, 1.165) is 11.1 Å². The van der Waals surface area contributed by atoms with Crippen molar-refractivity contribution in [3.8, 4) is 0 Å². The lowest BCUT2D eigenvalue weighted by Crippen LogP contribution is -2.30. The maximum Gasteiger partial charge on any atom is 0.290 e. The van der Waals surface area contributed by atoms with Crippen molar-refractivity contribution in [1.29, 1.82) is 0 Å². The van der Waals surface area contributed by atoms with Crippen LogP contribution in [0.3, 0.4) is 0 Å². The van der Waals surface area contributed by atoms with Gasteiger partial charge in [0, 0.05) is 25.4 Å². The van der Waals surface area contributed by atoms with Crippen LogP contribution in [0, 0.1) is 0 Å². The Morgan fingerprint density at radius 3 is 2.55 bits per heavy atom. The molecule has 0 bridgehead atoms. The molecule has 6 heteroatoms. The van der Waals surface area contributed by atoms with Crippen molar-refractivity contribution in [3.05, 3.63) is 101 Å². The predicted molar refractivity (Wildman–Crippen MR) is 106 cm³/mol. The first kappa shape index (κ1) is 18.7. The first-order valence-electron chi connectivity index (χ1n) is 9.38. The van der Waals surface area contributed by atoms with Crippen molar-refractivity contribution in [3.63, 3.8) is 0 Å². The van der Waals surface area contributed by atoms with Crippen LogP contribution in [0.4, 0.5) is 0 Å². The summed E-state index contributed by atoms with van der Waals surface area (Å²) in [6.07, 6.45) is 5.50. The zero-order valence-corrected chi connectivity index (χ0v) is 15.7. The summed E-state index contributed by atoms with van der Waals surface area (Å²) in [7, 11) is 0. The van der Waals surface area contributed by atoms with Crippen LogP contribution in [-0.2, 0) is 22.6 Å². The number of aryl methyl sites for hydroxylation is 1. The molecule has 4 rings (SSSR count). The van der Waals surface area contributed by atoms with Crippen molar-refractivity contribution in [2.75, 3.05) is 0 Å². The lowest BCUT2D eigenvalue weighted by molar-refractivity contribution is -0.130. The second-order valence-corrected chi connectivity index (χ2v) is 6.88. The van der Waals surface area contributed by atoms with E-state index in [9.17, 15) is 14.7 Å². The highest BCUT2D eigenvalue weighted by atomic mass is 16.3. The third kappa shape index (κ3) is 3.82. The highest BCUT2D eigenvalue weighted by Crippen LogP contribution is 2.39. The van der Waals surface area contributed by atoms with Crippen LogP contribution in [0.1, 0.15) is 29.3 Å². The number of pyridine rings is 1. The Balaban J connectivity index is 1.62. The molecule has 146 valence electrons. The first-order chi connectivity index (χ1) is 14.1. The van der Waals surface area contributed by atoms with Crippen molar-refractivity contribution in [2.45, 2.75) is 25.4 Å². The molecule has 0 saturated heterocycles. The smallest absolute Gasteiger partial charge is 0.290 e. The summed E-state index contributed by atoms with van der Waals surface area (Å²) in [5, 5.41) is 10.6. The van der Waals surface area contributed by atoms with E-state index < -0.39 is 17.7 Å². The maximum atomic E-state index is 13.0. The molecule has 2 aromatic heterocycles. The molecule has 1 amide bonds. The molecule has 1 N–H and O–H groups in total. The Bertz CT molecular complexity index is 1030. The third-order valence-electron chi connectivity index (χ3n) is 4.98. The number of aromatic nitrogens is 1. The van der Waals surface area contributed by atoms with Gasteiger partial charge in [0.25, 0.3) is 5.91 Å². The number of nitrogens with zero attached hydrogens (tertiary/aromatic N) is 2. The average molecular weight is 388 g/mol. The molecule has 1 aliphatic rings. The van der Waals surface area contributed by atoms with E-state index in [1.807, 2.05) is 36.4 Å². The molecule has 1 aromatic carbocycles. The highest BCUT2D eigenvalue weighted by Gasteiger charge is 2.44. The van der Waals surface area contributed by atoms with Gasteiger partial charge in [0.1, 0.15) is 11.8 Å². The molecule has 29 heavy (non-hydrogen) atoms. The summed E-state index contributed by atoms with van der Waals surface area (Å²) >= 11 is 0. The van der Waals surface area contributed by atoms with Crippen LogP contribution >= 0.6 is 0 Å². The lowest BCUT2D eigenvalue weighted by atomic mass is 9.96. The Morgan fingerprint density at radius 1 is 1.07 bits per heavy atom. The van der Waals surface area contributed by atoms with E-state index in [1.54, 1.807) is 30.6 Å². The van der Waals surface area contributed by atoms with E-state index in [2.05, 4.69) is 4.98 Å². The molecule has 1 unspecified atom stereocenters. The number of furan rings is 1. The number of carbonyl (C=O) groups excluding carboxylic acids is 2. The number of aliphatic hydroxyl groups excluding tert-OH is 1. The highest BCUT2D eigenvalue weighted by molar-refractivity contribution is 6.08. The van der Waals surface area contributed by atoms with Gasteiger partial charge >= 0.3 is 0 Å². The van der Waals surface area contributed by atoms with E-state index in [-0.39, 0.29) is 24.3 Å². The Kier molecular flexibility index (Phi) is 5.24. The van der Waals surface area contributed by atoms with Gasteiger partial charge in [-0.2, -0.15) is 0 Å². The number of ketones is 1. The van der Waals surface area contributed by atoms with Crippen molar-refractivity contribution in [2.24, 2.45) is 0 Å². The van der Waals surface area contributed by atoms with E-state index in [0.29, 0.717) is 12.2 Å². The molecule has 3 aromatic rings. The number of hydrogen-bond acceptors (Lipinski definition) is 5. The van der Waals surface area contributed by atoms with Crippen LogP contribution < -0.4 is 0 Å².